The summed E-state index contributed by atoms with van der Waals surface area (Å²) in [5, 5.41) is 13.1. The molecule has 370 valence electrons. The number of ether oxygens (including phenoxy) is 12. The molecule has 2 aromatic rings. The Morgan fingerprint density at radius 3 is 1.61 bits per heavy atom. The SMILES string of the molecule is CC(C)(C)[Si](C)(C)O[C@H]1C(OCC(=O)NCCCOCCOCCOCCOCCOCCOCCOCCOCCOCCOCCN)[C@H](n2cnc3c(N)ncnc32)O[C@@H]1CO. The maximum atomic E-state index is 12.9. The van der Waals surface area contributed by atoms with Crippen LogP contribution in [0.5, 0.6) is 0 Å². The summed E-state index contributed by atoms with van der Waals surface area (Å²) in [6.45, 7) is 20.6. The van der Waals surface area contributed by atoms with E-state index in [1.54, 1.807) is 10.9 Å². The molecule has 64 heavy (non-hydrogen) atoms. The van der Waals surface area contributed by atoms with Crippen molar-refractivity contribution in [2.24, 2.45) is 5.73 Å². The Labute approximate surface area is 378 Å². The van der Waals surface area contributed by atoms with Crippen LogP contribution < -0.4 is 16.8 Å². The zero-order chi connectivity index (χ0) is 46.3. The van der Waals surface area contributed by atoms with E-state index in [-0.39, 0.29) is 30.0 Å². The fraction of sp³-hybridized carbons (Fsp3) is 0.854. The molecule has 0 aliphatic carbocycles. The number of amides is 1. The normalized spacial score (nSPS) is 18.1. The smallest absolute Gasteiger partial charge is 0.246 e. The summed E-state index contributed by atoms with van der Waals surface area (Å²) >= 11 is 0. The molecule has 0 saturated carbocycles. The first-order valence-electron chi connectivity index (χ1n) is 22.2. The minimum absolute atomic E-state index is 0.126. The largest absolute Gasteiger partial charge is 0.408 e. The van der Waals surface area contributed by atoms with Gasteiger partial charge in [-0.25, -0.2) is 15.0 Å². The van der Waals surface area contributed by atoms with Gasteiger partial charge in [0, 0.05) is 19.7 Å². The number of nitrogens with zero attached hydrogens (tertiary/aromatic N) is 4. The number of nitrogens with one attached hydrogen (secondary N) is 1. The summed E-state index contributed by atoms with van der Waals surface area (Å²) in [5.41, 5.74) is 12.2. The Balaban J connectivity index is 1.12. The third-order valence-electron chi connectivity index (χ3n) is 10.2. The quantitative estimate of drug-likeness (QED) is 0.0529. The van der Waals surface area contributed by atoms with Gasteiger partial charge < -0.3 is 83.2 Å². The molecule has 23 heteroatoms. The standard InChI is InChI=1S/C41H77N7O15Si/c1-41(2,3)64(4,5)63-36-33(29-49)62-40(48-32-47-35-38(43)45-31-46-39(35)48)37(36)61-30-34(50)44-8-6-9-51-11-13-53-15-17-55-19-21-57-23-25-59-27-28-60-26-24-58-22-20-56-18-16-54-14-12-52-10-7-42/h31-33,36-37,40,49H,6-30,42H2,1-5H3,(H,44,50)(H2,43,45,46)/t33-,36-,37?,40-/m1/s1. The van der Waals surface area contributed by atoms with Gasteiger partial charge in [0.25, 0.3) is 0 Å². The molecule has 1 saturated heterocycles. The van der Waals surface area contributed by atoms with Gasteiger partial charge in [-0.05, 0) is 24.6 Å². The summed E-state index contributed by atoms with van der Waals surface area (Å²) in [6.07, 6.45) is 0.565. The Bertz CT molecular complexity index is 1500. The zero-order valence-corrected chi connectivity index (χ0v) is 39.7. The lowest BCUT2D eigenvalue weighted by molar-refractivity contribution is -0.132. The van der Waals surface area contributed by atoms with Gasteiger partial charge in [-0.1, -0.05) is 20.8 Å². The lowest BCUT2D eigenvalue weighted by Crippen LogP contribution is -2.50. The highest BCUT2D eigenvalue weighted by Gasteiger charge is 2.51. The second-order valence-corrected chi connectivity index (χ2v) is 20.8. The highest BCUT2D eigenvalue weighted by atomic mass is 28.4. The molecule has 0 spiro atoms. The van der Waals surface area contributed by atoms with Crippen molar-refractivity contribution in [1.29, 1.82) is 0 Å². The molecule has 0 bridgehead atoms. The van der Waals surface area contributed by atoms with Crippen LogP contribution in [0, 0.1) is 0 Å². The fourth-order valence-electron chi connectivity index (χ4n) is 5.76. The van der Waals surface area contributed by atoms with Crippen molar-refractivity contribution in [3.63, 3.8) is 0 Å². The molecule has 1 unspecified atom stereocenters. The predicted octanol–water partition coefficient (Wildman–Crippen LogP) is 0.705. The molecule has 1 fully saturated rings. The molecule has 3 rings (SSSR count). The van der Waals surface area contributed by atoms with E-state index < -0.39 is 32.9 Å². The summed E-state index contributed by atoms with van der Waals surface area (Å²) in [5.74, 6) is -0.0823. The second-order valence-electron chi connectivity index (χ2n) is 16.1. The number of aliphatic hydroxyl groups is 1. The Kier molecular flexibility index (Phi) is 28.8. The monoisotopic (exact) mass is 936 g/mol. The fourth-order valence-corrected chi connectivity index (χ4v) is 7.08. The van der Waals surface area contributed by atoms with Crippen LogP contribution in [-0.4, -0.2) is 216 Å². The van der Waals surface area contributed by atoms with Crippen LogP contribution in [0.3, 0.4) is 0 Å². The first kappa shape index (κ1) is 55.8. The van der Waals surface area contributed by atoms with Crippen molar-refractivity contribution in [2.45, 2.75) is 69.9 Å². The van der Waals surface area contributed by atoms with Crippen molar-refractivity contribution in [1.82, 2.24) is 24.8 Å². The van der Waals surface area contributed by atoms with Gasteiger partial charge in [0.2, 0.25) is 5.91 Å². The molecule has 1 amide bonds. The molecular weight excluding hydrogens is 859 g/mol. The van der Waals surface area contributed by atoms with E-state index in [0.29, 0.717) is 163 Å². The Morgan fingerprint density at radius 1 is 0.719 bits per heavy atom. The van der Waals surface area contributed by atoms with Gasteiger partial charge in [-0.2, -0.15) is 0 Å². The van der Waals surface area contributed by atoms with Crippen LogP contribution in [0.25, 0.3) is 11.2 Å². The lowest BCUT2D eigenvalue weighted by atomic mass is 10.1. The lowest BCUT2D eigenvalue weighted by Gasteiger charge is -2.40. The maximum absolute atomic E-state index is 12.9. The number of nitrogen functional groups attached to an aromatic ring is 1. The summed E-state index contributed by atoms with van der Waals surface area (Å²) in [4.78, 5) is 25.7. The van der Waals surface area contributed by atoms with E-state index in [1.807, 2.05) is 0 Å². The molecule has 4 atom stereocenters. The van der Waals surface area contributed by atoms with Crippen molar-refractivity contribution in [3.05, 3.63) is 12.7 Å². The number of fused-ring (bicyclic) bond motifs is 1. The number of hydrogen-bond donors (Lipinski definition) is 4. The average molecular weight is 936 g/mol. The average Bonchev–Trinajstić information content (AvgIpc) is 3.85. The van der Waals surface area contributed by atoms with Crippen molar-refractivity contribution < 1.29 is 71.2 Å². The second kappa shape index (κ2) is 33.0. The van der Waals surface area contributed by atoms with E-state index in [0.717, 1.165) is 0 Å². The van der Waals surface area contributed by atoms with Gasteiger partial charge in [0.05, 0.1) is 138 Å². The number of anilines is 1. The number of rotatable bonds is 40. The van der Waals surface area contributed by atoms with Gasteiger partial charge in [-0.15, -0.1) is 0 Å². The minimum atomic E-state index is -2.36. The van der Waals surface area contributed by atoms with Gasteiger partial charge >= 0.3 is 0 Å². The van der Waals surface area contributed by atoms with E-state index in [9.17, 15) is 9.90 Å². The topological polar surface area (TPSA) is 265 Å². The highest BCUT2D eigenvalue weighted by molar-refractivity contribution is 6.74. The molecule has 2 aromatic heterocycles. The number of nitrogens with two attached hydrogens (primary N) is 2. The van der Waals surface area contributed by atoms with Crippen LogP contribution >= 0.6 is 0 Å². The van der Waals surface area contributed by atoms with E-state index in [2.05, 4.69) is 54.1 Å². The molecule has 0 radical (unpaired) electrons. The number of imidazole rings is 1. The number of carbonyl (C=O) groups is 1. The van der Waals surface area contributed by atoms with E-state index in [1.165, 1.54) is 6.33 Å². The Hall–Kier alpha value is -2.56. The number of aromatic nitrogens is 4. The summed E-state index contributed by atoms with van der Waals surface area (Å²) < 4.78 is 75.7. The maximum Gasteiger partial charge on any atom is 0.246 e. The molecule has 1 aliphatic heterocycles. The third-order valence-corrected chi connectivity index (χ3v) is 14.6. The number of aliphatic hydroxyl groups excluding tert-OH is 1. The van der Waals surface area contributed by atoms with Crippen molar-refractivity contribution >= 4 is 31.2 Å². The van der Waals surface area contributed by atoms with Crippen LogP contribution in [0.2, 0.25) is 18.1 Å². The molecule has 3 heterocycles. The minimum Gasteiger partial charge on any atom is -0.408 e. The summed E-state index contributed by atoms with van der Waals surface area (Å²) in [6, 6.07) is 0. The Morgan fingerprint density at radius 2 is 1.17 bits per heavy atom. The van der Waals surface area contributed by atoms with Gasteiger partial charge in [-0.3, -0.25) is 9.36 Å². The number of carbonyl (C=O) groups excluding carboxylic acids is 1. The predicted molar refractivity (Wildman–Crippen MR) is 237 cm³/mol. The van der Waals surface area contributed by atoms with E-state index in [4.69, 9.17) is 72.7 Å². The van der Waals surface area contributed by atoms with Crippen molar-refractivity contribution in [3.8, 4) is 0 Å². The van der Waals surface area contributed by atoms with Gasteiger partial charge in [0.15, 0.2) is 26.0 Å². The summed E-state index contributed by atoms with van der Waals surface area (Å²) in [7, 11) is -2.36. The van der Waals surface area contributed by atoms with Crippen molar-refractivity contribution in [2.75, 3.05) is 164 Å². The first-order chi connectivity index (χ1) is 31.0. The molecule has 6 N–H and O–H groups in total. The van der Waals surface area contributed by atoms with Crippen LogP contribution in [0.1, 0.15) is 33.4 Å². The number of hydrogen-bond acceptors (Lipinski definition) is 20. The van der Waals surface area contributed by atoms with Crippen LogP contribution in [0.15, 0.2) is 12.7 Å². The van der Waals surface area contributed by atoms with Crippen LogP contribution in [0.4, 0.5) is 5.82 Å². The highest BCUT2D eigenvalue weighted by Crippen LogP contribution is 2.42. The first-order valence-corrected chi connectivity index (χ1v) is 25.1. The third kappa shape index (κ3) is 21.8. The molecular formula is C41H77N7O15Si. The molecule has 0 aromatic carbocycles. The zero-order valence-electron chi connectivity index (χ0n) is 38.7. The van der Waals surface area contributed by atoms with Gasteiger partial charge in [0.1, 0.15) is 36.8 Å². The van der Waals surface area contributed by atoms with Crippen LogP contribution in [-0.2, 0) is 66.1 Å². The van der Waals surface area contributed by atoms with E-state index >= 15 is 0 Å². The molecule has 22 nitrogen and oxygen atoms in total. The molecule has 1 aliphatic rings.